The summed E-state index contributed by atoms with van der Waals surface area (Å²) in [4.78, 5) is 14.6. The average molecular weight is 289 g/mol. The molecule has 0 fully saturated rings. The summed E-state index contributed by atoms with van der Waals surface area (Å²) in [5.41, 5.74) is 0.374. The number of pyridine rings is 1. The summed E-state index contributed by atoms with van der Waals surface area (Å²) < 4.78 is 1.80. The van der Waals surface area contributed by atoms with E-state index in [9.17, 15) is 4.79 Å². The number of nitrogens with zero attached hydrogens (tertiary/aromatic N) is 3. The van der Waals surface area contributed by atoms with E-state index in [-0.39, 0.29) is 0 Å². The van der Waals surface area contributed by atoms with Crippen LogP contribution in [0.2, 0.25) is 0 Å². The molecule has 0 spiro atoms. The summed E-state index contributed by atoms with van der Waals surface area (Å²) in [5, 5.41) is 13.2. The van der Waals surface area contributed by atoms with Crippen molar-refractivity contribution in [3.8, 4) is 0 Å². The minimum absolute atomic E-state index is 0.374. The van der Waals surface area contributed by atoms with Crippen molar-refractivity contribution in [1.82, 2.24) is 14.8 Å². The van der Waals surface area contributed by atoms with Crippen molar-refractivity contribution in [2.24, 2.45) is 0 Å². The molecule has 2 rings (SSSR count). The second-order valence-corrected chi connectivity index (χ2v) is 3.53. The summed E-state index contributed by atoms with van der Waals surface area (Å²) >= 11 is 2.11. The Labute approximate surface area is 86.5 Å². The fourth-order valence-corrected chi connectivity index (χ4v) is 1.58. The predicted octanol–water partition coefficient (Wildman–Crippen LogP) is 1.56. The lowest BCUT2D eigenvalue weighted by atomic mass is 10.4. The van der Waals surface area contributed by atoms with Gasteiger partial charge in [-0.2, -0.15) is 5.10 Å². The Kier molecular flexibility index (Phi) is 1.91. The number of hydrogen-bond donors (Lipinski definition) is 1. The van der Waals surface area contributed by atoms with Gasteiger partial charge < -0.3 is 5.11 Å². The monoisotopic (exact) mass is 289 g/mol. The molecule has 2 aromatic heterocycles. The van der Waals surface area contributed by atoms with E-state index in [1.807, 2.05) is 0 Å². The van der Waals surface area contributed by atoms with Gasteiger partial charge in [-0.15, -0.1) is 4.68 Å². The van der Waals surface area contributed by atoms with E-state index >= 15 is 0 Å². The zero-order valence-electron chi connectivity index (χ0n) is 6.31. The molecule has 0 aliphatic rings. The number of fused-ring (bicyclic) bond motifs is 1. The Morgan fingerprint density at radius 3 is 3.08 bits per heavy atom. The third-order valence-electron chi connectivity index (χ3n) is 1.60. The van der Waals surface area contributed by atoms with Crippen LogP contribution >= 0.6 is 22.6 Å². The van der Waals surface area contributed by atoms with E-state index in [0.29, 0.717) is 5.65 Å². The summed E-state index contributed by atoms with van der Waals surface area (Å²) in [6.45, 7) is 0. The molecular weight excluding hydrogens is 285 g/mol. The summed E-state index contributed by atoms with van der Waals surface area (Å²) in [5.74, 6) is 0. The van der Waals surface area contributed by atoms with Crippen LogP contribution < -0.4 is 0 Å². The van der Waals surface area contributed by atoms with Crippen LogP contribution in [0.3, 0.4) is 0 Å². The smallest absolute Gasteiger partial charge is 0.434 e. The van der Waals surface area contributed by atoms with Crippen molar-refractivity contribution in [3.05, 3.63) is 22.0 Å². The molecule has 0 bridgehead atoms. The maximum absolute atomic E-state index is 10.6. The van der Waals surface area contributed by atoms with Gasteiger partial charge in [-0.1, -0.05) is 0 Å². The van der Waals surface area contributed by atoms with E-state index in [0.717, 1.165) is 13.6 Å². The molecule has 0 aliphatic heterocycles. The Morgan fingerprint density at radius 2 is 2.38 bits per heavy atom. The fourth-order valence-electron chi connectivity index (χ4n) is 1.04. The van der Waals surface area contributed by atoms with Crippen molar-refractivity contribution in [1.29, 1.82) is 0 Å². The zero-order valence-corrected chi connectivity index (χ0v) is 8.46. The van der Waals surface area contributed by atoms with E-state index in [2.05, 4.69) is 32.7 Å². The molecular formula is C7H4IN3O2. The van der Waals surface area contributed by atoms with E-state index in [1.165, 1.54) is 6.20 Å². The van der Waals surface area contributed by atoms with E-state index in [4.69, 9.17) is 5.11 Å². The molecule has 6 heteroatoms. The number of carbonyl (C=O) groups is 1. The molecule has 0 amide bonds. The van der Waals surface area contributed by atoms with Gasteiger partial charge in [0.05, 0.1) is 11.6 Å². The quantitative estimate of drug-likeness (QED) is 0.747. The lowest BCUT2D eigenvalue weighted by molar-refractivity contribution is 0.194. The molecule has 0 aromatic carbocycles. The fraction of sp³-hybridized carbons (Fsp3) is 0. The molecule has 1 N–H and O–H groups in total. The van der Waals surface area contributed by atoms with Crippen LogP contribution in [0.25, 0.3) is 11.0 Å². The normalized spacial score (nSPS) is 10.5. The van der Waals surface area contributed by atoms with Crippen LogP contribution in [0, 0.1) is 3.57 Å². The highest BCUT2D eigenvalue weighted by Crippen LogP contribution is 2.17. The molecule has 13 heavy (non-hydrogen) atoms. The topological polar surface area (TPSA) is 68.0 Å². The molecule has 2 aromatic rings. The van der Waals surface area contributed by atoms with Crippen LogP contribution in [0.4, 0.5) is 4.79 Å². The van der Waals surface area contributed by atoms with Crippen LogP contribution in [0.1, 0.15) is 0 Å². The zero-order chi connectivity index (χ0) is 9.42. The van der Waals surface area contributed by atoms with E-state index in [1.54, 1.807) is 12.3 Å². The van der Waals surface area contributed by atoms with Gasteiger partial charge in [0.25, 0.3) is 0 Å². The summed E-state index contributed by atoms with van der Waals surface area (Å²) in [7, 11) is 0. The molecule has 0 atom stereocenters. The molecule has 0 aliphatic carbocycles. The van der Waals surface area contributed by atoms with Crippen LogP contribution in [-0.4, -0.2) is 26.0 Å². The summed E-state index contributed by atoms with van der Waals surface area (Å²) in [6, 6.07) is 1.80. The van der Waals surface area contributed by atoms with Crippen molar-refractivity contribution in [2.75, 3.05) is 0 Å². The van der Waals surface area contributed by atoms with Gasteiger partial charge in [0.2, 0.25) is 0 Å². The minimum Gasteiger partial charge on any atom is -0.463 e. The van der Waals surface area contributed by atoms with Gasteiger partial charge in [0, 0.05) is 9.77 Å². The van der Waals surface area contributed by atoms with Gasteiger partial charge in [0.1, 0.15) is 0 Å². The first kappa shape index (κ1) is 8.42. The van der Waals surface area contributed by atoms with Crippen molar-refractivity contribution >= 4 is 39.7 Å². The largest absolute Gasteiger partial charge is 0.463 e. The SMILES string of the molecule is O=C(O)n1ncc2c(I)ccnc21. The lowest BCUT2D eigenvalue weighted by Crippen LogP contribution is -2.09. The number of aromatic nitrogens is 3. The first-order valence-electron chi connectivity index (χ1n) is 3.41. The van der Waals surface area contributed by atoms with Gasteiger partial charge in [0.15, 0.2) is 5.65 Å². The van der Waals surface area contributed by atoms with Gasteiger partial charge >= 0.3 is 6.09 Å². The van der Waals surface area contributed by atoms with Crippen molar-refractivity contribution in [3.63, 3.8) is 0 Å². The Hall–Kier alpha value is -1.18. The highest BCUT2D eigenvalue weighted by molar-refractivity contribution is 14.1. The Balaban J connectivity index is 2.83. The number of rotatable bonds is 0. The van der Waals surface area contributed by atoms with Crippen molar-refractivity contribution < 1.29 is 9.90 Å². The third-order valence-corrected chi connectivity index (χ3v) is 2.54. The van der Waals surface area contributed by atoms with Gasteiger partial charge in [-0.25, -0.2) is 9.78 Å². The van der Waals surface area contributed by atoms with Crippen LogP contribution in [-0.2, 0) is 0 Å². The second-order valence-electron chi connectivity index (χ2n) is 2.37. The number of hydrogen-bond acceptors (Lipinski definition) is 3. The highest BCUT2D eigenvalue weighted by Gasteiger charge is 2.10. The first-order valence-corrected chi connectivity index (χ1v) is 4.49. The summed E-state index contributed by atoms with van der Waals surface area (Å²) in [6.07, 6.45) is 1.94. The minimum atomic E-state index is -1.12. The first-order chi connectivity index (χ1) is 6.20. The standard InChI is InChI=1S/C7H4IN3O2/c8-5-1-2-9-6-4(5)3-10-11(6)7(12)13/h1-3H,(H,12,13). The molecule has 0 saturated carbocycles. The highest BCUT2D eigenvalue weighted by atomic mass is 127. The molecule has 0 unspecified atom stereocenters. The molecule has 66 valence electrons. The van der Waals surface area contributed by atoms with Gasteiger partial charge in [-0.3, -0.25) is 0 Å². The number of halogens is 1. The molecule has 0 radical (unpaired) electrons. The van der Waals surface area contributed by atoms with Gasteiger partial charge in [-0.05, 0) is 28.7 Å². The molecule has 5 nitrogen and oxygen atoms in total. The lowest BCUT2D eigenvalue weighted by Gasteiger charge is -1.94. The molecule has 2 heterocycles. The average Bonchev–Trinajstić information content (AvgIpc) is 2.48. The third kappa shape index (κ3) is 1.26. The van der Waals surface area contributed by atoms with Crippen LogP contribution in [0.15, 0.2) is 18.5 Å². The van der Waals surface area contributed by atoms with Crippen LogP contribution in [0.5, 0.6) is 0 Å². The second kappa shape index (κ2) is 2.95. The number of carboxylic acid groups (broad SMARTS) is 1. The maximum atomic E-state index is 10.6. The Bertz CT molecular complexity index is 480. The maximum Gasteiger partial charge on any atom is 0.434 e. The van der Waals surface area contributed by atoms with E-state index < -0.39 is 6.09 Å². The molecule has 0 saturated heterocycles. The predicted molar refractivity (Wildman–Crippen MR) is 53.7 cm³/mol. The Morgan fingerprint density at radius 1 is 1.62 bits per heavy atom. The van der Waals surface area contributed by atoms with Crippen molar-refractivity contribution in [2.45, 2.75) is 0 Å².